The van der Waals surface area contributed by atoms with E-state index in [9.17, 15) is 14.4 Å². The van der Waals surface area contributed by atoms with E-state index in [1.165, 1.54) is 0 Å². The third-order valence-electron chi connectivity index (χ3n) is 3.98. The number of ether oxygens (including phenoxy) is 1. The third kappa shape index (κ3) is 4.54. The van der Waals surface area contributed by atoms with Crippen LogP contribution in [-0.2, 0) is 14.3 Å². The zero-order valence-electron chi connectivity index (χ0n) is 14.3. The van der Waals surface area contributed by atoms with Crippen molar-refractivity contribution < 1.29 is 19.1 Å². The van der Waals surface area contributed by atoms with Crippen molar-refractivity contribution in [1.29, 1.82) is 0 Å². The number of thioether (sulfide) groups is 1. The lowest BCUT2D eigenvalue weighted by atomic mass is 9.99. The molecule has 2 saturated heterocycles. The van der Waals surface area contributed by atoms with Crippen molar-refractivity contribution in [2.24, 2.45) is 5.84 Å². The van der Waals surface area contributed by atoms with Gasteiger partial charge in [0, 0.05) is 0 Å². The van der Waals surface area contributed by atoms with E-state index in [0.29, 0.717) is 12.8 Å². The van der Waals surface area contributed by atoms with E-state index in [-0.39, 0.29) is 17.2 Å². The van der Waals surface area contributed by atoms with Gasteiger partial charge in [-0.1, -0.05) is 0 Å². The molecule has 3 atom stereocenters. The molecule has 0 bridgehead atoms. The van der Waals surface area contributed by atoms with Gasteiger partial charge in [-0.3, -0.25) is 15.0 Å². The highest BCUT2D eigenvalue weighted by Gasteiger charge is 2.43. The predicted molar refractivity (Wildman–Crippen MR) is 90.8 cm³/mol. The maximum Gasteiger partial charge on any atom is 0.408 e. The lowest BCUT2D eigenvalue weighted by Crippen LogP contribution is -2.60. The Morgan fingerprint density at radius 3 is 2.62 bits per heavy atom. The van der Waals surface area contributed by atoms with Crippen LogP contribution in [0.2, 0.25) is 0 Å². The van der Waals surface area contributed by atoms with Gasteiger partial charge >= 0.3 is 6.09 Å². The molecule has 0 aromatic carbocycles. The Bertz CT molecular complexity index is 508. The van der Waals surface area contributed by atoms with E-state index in [4.69, 9.17) is 10.6 Å². The average molecular weight is 358 g/mol. The average Bonchev–Trinajstić information content (AvgIpc) is 2.64. The fraction of sp³-hybridized carbons (Fsp3) is 0.800. The molecule has 0 aromatic rings. The first-order valence-corrected chi connectivity index (χ1v) is 9.21. The second-order valence-corrected chi connectivity index (χ2v) is 8.30. The molecular formula is C15H26N4O4S. The normalized spacial score (nSPS) is 27.8. The van der Waals surface area contributed by atoms with Crippen LogP contribution in [0.3, 0.4) is 0 Å². The number of nitrogens with zero attached hydrogens (tertiary/aromatic N) is 1. The Kier molecular flexibility index (Phi) is 5.97. The minimum Gasteiger partial charge on any atom is -0.444 e. The lowest BCUT2D eigenvalue weighted by molar-refractivity contribution is -0.144. The van der Waals surface area contributed by atoms with E-state index in [0.717, 1.165) is 18.6 Å². The highest BCUT2D eigenvalue weighted by atomic mass is 32.2. The van der Waals surface area contributed by atoms with Crippen LogP contribution in [0.25, 0.3) is 0 Å². The Morgan fingerprint density at radius 1 is 1.29 bits per heavy atom. The molecule has 3 unspecified atom stereocenters. The first-order valence-electron chi connectivity index (χ1n) is 8.16. The molecule has 9 heteroatoms. The van der Waals surface area contributed by atoms with E-state index in [2.05, 4.69) is 10.7 Å². The maximum absolute atomic E-state index is 12.9. The topological polar surface area (TPSA) is 114 Å². The summed E-state index contributed by atoms with van der Waals surface area (Å²) in [7, 11) is 0. The first-order chi connectivity index (χ1) is 11.2. The van der Waals surface area contributed by atoms with E-state index in [1.54, 1.807) is 37.4 Å². The summed E-state index contributed by atoms with van der Waals surface area (Å²) in [5.41, 5.74) is 1.50. The number of piperidine rings is 1. The molecule has 2 aliphatic heterocycles. The first kappa shape index (κ1) is 18.9. The summed E-state index contributed by atoms with van der Waals surface area (Å²) in [6, 6.07) is -1.28. The van der Waals surface area contributed by atoms with Crippen molar-refractivity contribution in [3.8, 4) is 0 Å². The van der Waals surface area contributed by atoms with Crippen LogP contribution in [-0.4, -0.2) is 51.6 Å². The van der Waals surface area contributed by atoms with Gasteiger partial charge in [-0.2, -0.15) is 0 Å². The van der Waals surface area contributed by atoms with Gasteiger partial charge in [0.05, 0.1) is 5.37 Å². The van der Waals surface area contributed by atoms with Gasteiger partial charge in [0.25, 0.3) is 5.91 Å². The Labute approximate surface area is 146 Å². The van der Waals surface area contributed by atoms with Crippen molar-refractivity contribution in [2.75, 3.05) is 5.75 Å². The Morgan fingerprint density at radius 2 is 2.00 bits per heavy atom. The van der Waals surface area contributed by atoms with Crippen LogP contribution < -0.4 is 16.6 Å². The van der Waals surface area contributed by atoms with Gasteiger partial charge in [0.2, 0.25) is 5.91 Å². The molecular weight excluding hydrogens is 332 g/mol. The van der Waals surface area contributed by atoms with Crippen LogP contribution in [0, 0.1) is 0 Å². The largest absolute Gasteiger partial charge is 0.444 e. The summed E-state index contributed by atoms with van der Waals surface area (Å²) in [5, 5.41) is 2.59. The van der Waals surface area contributed by atoms with E-state index < -0.39 is 23.8 Å². The van der Waals surface area contributed by atoms with Crippen LogP contribution in [0.1, 0.15) is 46.5 Å². The molecule has 2 heterocycles. The molecule has 8 nitrogen and oxygen atoms in total. The molecule has 2 aliphatic rings. The number of carbonyl (C=O) groups excluding carboxylic acids is 3. The molecule has 0 aliphatic carbocycles. The minimum atomic E-state index is -0.691. The Balaban J connectivity index is 2.13. The summed E-state index contributed by atoms with van der Waals surface area (Å²) >= 11 is 1.64. The third-order valence-corrected chi connectivity index (χ3v) is 5.30. The molecule has 24 heavy (non-hydrogen) atoms. The minimum absolute atomic E-state index is 0.0565. The fourth-order valence-corrected chi connectivity index (χ4v) is 4.38. The summed E-state index contributed by atoms with van der Waals surface area (Å²) in [6.07, 6.45) is 2.16. The number of carbonyl (C=O) groups is 3. The predicted octanol–water partition coefficient (Wildman–Crippen LogP) is 0.714. The highest BCUT2D eigenvalue weighted by Crippen LogP contribution is 2.34. The molecule has 2 rings (SSSR count). The van der Waals surface area contributed by atoms with E-state index >= 15 is 0 Å². The molecule has 0 spiro atoms. The zero-order valence-corrected chi connectivity index (χ0v) is 15.1. The van der Waals surface area contributed by atoms with E-state index in [1.807, 2.05) is 0 Å². The van der Waals surface area contributed by atoms with Gasteiger partial charge in [-0.25, -0.2) is 10.6 Å². The highest BCUT2D eigenvalue weighted by molar-refractivity contribution is 7.99. The summed E-state index contributed by atoms with van der Waals surface area (Å²) < 4.78 is 5.23. The van der Waals surface area contributed by atoms with Crippen LogP contribution in [0.5, 0.6) is 0 Å². The maximum atomic E-state index is 12.9. The molecule has 4 N–H and O–H groups in total. The van der Waals surface area contributed by atoms with Crippen molar-refractivity contribution in [2.45, 2.75) is 69.5 Å². The Hall–Kier alpha value is -1.48. The number of hydrogen-bond donors (Lipinski definition) is 3. The number of fused-ring (bicyclic) bond motifs is 1. The molecule has 136 valence electrons. The molecule has 2 fully saturated rings. The van der Waals surface area contributed by atoms with Crippen molar-refractivity contribution in [3.05, 3.63) is 0 Å². The molecule has 0 radical (unpaired) electrons. The molecule has 0 saturated carbocycles. The molecule has 0 aromatic heterocycles. The van der Waals surface area contributed by atoms with Crippen LogP contribution in [0.4, 0.5) is 4.79 Å². The fourth-order valence-electron chi connectivity index (χ4n) is 2.99. The number of hydrogen-bond acceptors (Lipinski definition) is 6. The van der Waals surface area contributed by atoms with Gasteiger partial charge in [-0.15, -0.1) is 11.8 Å². The second kappa shape index (κ2) is 7.60. The van der Waals surface area contributed by atoms with Crippen LogP contribution >= 0.6 is 11.8 Å². The van der Waals surface area contributed by atoms with Crippen molar-refractivity contribution in [3.63, 3.8) is 0 Å². The number of nitrogens with one attached hydrogen (secondary N) is 2. The summed E-state index contributed by atoms with van der Waals surface area (Å²) in [5.74, 6) is 5.37. The van der Waals surface area contributed by atoms with Gasteiger partial charge in [0.15, 0.2) is 0 Å². The summed E-state index contributed by atoms with van der Waals surface area (Å²) in [6.45, 7) is 5.29. The monoisotopic (exact) mass is 358 g/mol. The number of alkyl carbamates (subject to hydrolysis) is 1. The zero-order chi connectivity index (χ0) is 17.9. The van der Waals surface area contributed by atoms with Gasteiger partial charge in [-0.05, 0) is 52.2 Å². The van der Waals surface area contributed by atoms with Crippen molar-refractivity contribution in [1.82, 2.24) is 15.6 Å². The smallest absolute Gasteiger partial charge is 0.408 e. The molecule has 3 amide bonds. The van der Waals surface area contributed by atoms with Crippen LogP contribution in [0.15, 0.2) is 0 Å². The second-order valence-electron chi connectivity index (χ2n) is 7.01. The quantitative estimate of drug-likeness (QED) is 0.381. The number of nitrogens with two attached hydrogens (primary N) is 1. The van der Waals surface area contributed by atoms with Gasteiger partial charge < -0.3 is 15.0 Å². The number of hydrazine groups is 1. The standard InChI is InChI=1S/C15H26N4O4S/c1-15(2,3)23-14(22)17-9-7-8-24-11-6-4-5-10(12(20)18-16)19(11)13(9)21/h9-11H,4-8,16H2,1-3H3,(H,17,22)(H,18,20). The SMILES string of the molecule is CC(C)(C)OC(=O)NC1CCSC2CCCC(C(=O)NN)N2C1=O. The number of amides is 3. The summed E-state index contributed by atoms with van der Waals surface area (Å²) in [4.78, 5) is 38.6. The number of rotatable bonds is 2. The van der Waals surface area contributed by atoms with Crippen molar-refractivity contribution >= 4 is 29.7 Å². The van der Waals surface area contributed by atoms with Gasteiger partial charge in [0.1, 0.15) is 17.7 Å². The lowest BCUT2D eigenvalue weighted by Gasteiger charge is -2.40.